The minimum Gasteiger partial charge on any atom is -0.362 e. The van der Waals surface area contributed by atoms with Crippen molar-refractivity contribution in [3.8, 4) is 0 Å². The Morgan fingerprint density at radius 2 is 1.94 bits per heavy atom. The highest BCUT2D eigenvalue weighted by molar-refractivity contribution is 5.76. The molecule has 0 saturated heterocycles. The van der Waals surface area contributed by atoms with Crippen LogP contribution in [0.5, 0.6) is 0 Å². The predicted molar refractivity (Wildman–Crippen MR) is 78.0 cm³/mol. The number of allylic oxidation sites excluding steroid dienone is 1. The number of pyridine rings is 1. The lowest BCUT2D eigenvalue weighted by Crippen LogP contribution is -2.76. The Kier molecular flexibility index (Phi) is 7.24. The first-order chi connectivity index (χ1) is 8.49. The topological polar surface area (TPSA) is 42.0 Å². The summed E-state index contributed by atoms with van der Waals surface area (Å²) in [6.07, 6.45) is 1.82. The highest BCUT2D eigenvalue weighted by Gasteiger charge is 2.15. The van der Waals surface area contributed by atoms with Gasteiger partial charge in [-0.25, -0.2) is 9.82 Å². The summed E-state index contributed by atoms with van der Waals surface area (Å²) in [5.74, 6) is 0.943. The molecule has 0 unspecified atom stereocenters. The summed E-state index contributed by atoms with van der Waals surface area (Å²) in [6.45, 7) is 12.1. The van der Waals surface area contributed by atoms with Crippen molar-refractivity contribution in [2.45, 2.75) is 27.7 Å². The summed E-state index contributed by atoms with van der Waals surface area (Å²) in [5.41, 5.74) is 5.95. The maximum atomic E-state index is 5.04. The summed E-state index contributed by atoms with van der Waals surface area (Å²) in [5, 5.41) is 0. The number of hydrogen-bond donors (Lipinski definition) is 1. The van der Waals surface area contributed by atoms with Gasteiger partial charge in [-0.1, -0.05) is 20.4 Å². The molecule has 0 bridgehead atoms. The molecule has 18 heavy (non-hydrogen) atoms. The van der Waals surface area contributed by atoms with Crippen LogP contribution >= 0.6 is 0 Å². The summed E-state index contributed by atoms with van der Waals surface area (Å²) in [7, 11) is 5.60. The van der Waals surface area contributed by atoms with Gasteiger partial charge in [0.25, 0.3) is 0 Å². The summed E-state index contributed by atoms with van der Waals surface area (Å²) >= 11 is 0. The van der Waals surface area contributed by atoms with Gasteiger partial charge in [0, 0.05) is 25.2 Å². The fraction of sp³-hybridized carbons (Fsp3) is 0.500. The van der Waals surface area contributed by atoms with Crippen molar-refractivity contribution >= 4 is 17.1 Å². The molecule has 1 rings (SSSR count). The SMILES string of the molecule is C=C(C)c1c(N(C)C)ncc([NH2+]OC)c1C.CC. The molecule has 0 radical (unpaired) electrons. The maximum Gasteiger partial charge on any atom is 0.184 e. The summed E-state index contributed by atoms with van der Waals surface area (Å²) < 4.78 is 0. The van der Waals surface area contributed by atoms with Crippen LogP contribution in [0.25, 0.3) is 5.57 Å². The van der Waals surface area contributed by atoms with Gasteiger partial charge in [-0.15, -0.1) is 0 Å². The number of aromatic nitrogens is 1. The fourth-order valence-electron chi connectivity index (χ4n) is 1.70. The van der Waals surface area contributed by atoms with Crippen molar-refractivity contribution in [2.75, 3.05) is 26.1 Å². The van der Waals surface area contributed by atoms with Gasteiger partial charge in [-0.3, -0.25) is 0 Å². The van der Waals surface area contributed by atoms with Crippen molar-refractivity contribution in [3.05, 3.63) is 23.9 Å². The van der Waals surface area contributed by atoms with Gasteiger partial charge in [0.2, 0.25) is 0 Å². The van der Waals surface area contributed by atoms with Gasteiger partial charge in [0.15, 0.2) is 5.69 Å². The van der Waals surface area contributed by atoms with Crippen molar-refractivity contribution in [1.82, 2.24) is 4.98 Å². The van der Waals surface area contributed by atoms with E-state index in [1.807, 2.05) is 46.0 Å². The normalized spacial score (nSPS) is 9.50. The first kappa shape index (κ1) is 16.6. The molecular formula is C14H26N3O+. The van der Waals surface area contributed by atoms with Gasteiger partial charge in [-0.05, 0) is 19.4 Å². The average molecular weight is 252 g/mol. The largest absolute Gasteiger partial charge is 0.362 e. The Morgan fingerprint density at radius 1 is 1.39 bits per heavy atom. The molecule has 4 heteroatoms. The van der Waals surface area contributed by atoms with Crippen LogP contribution in [0.1, 0.15) is 31.9 Å². The Morgan fingerprint density at radius 3 is 2.33 bits per heavy atom. The predicted octanol–water partition coefficient (Wildman–Crippen LogP) is 2.27. The first-order valence-electron chi connectivity index (χ1n) is 6.17. The van der Waals surface area contributed by atoms with E-state index in [4.69, 9.17) is 4.84 Å². The molecule has 0 spiro atoms. The number of nitrogens with zero attached hydrogens (tertiary/aromatic N) is 2. The lowest BCUT2D eigenvalue weighted by atomic mass is 10.0. The standard InChI is InChI=1S/C12H19N3O.C2H6/c1-8(2)11-9(3)10(14-16-6)7-13-12(11)15(4)5;1-2/h7,14H,1H2,2-6H3;1-2H3/p+1. The van der Waals surface area contributed by atoms with E-state index in [1.165, 1.54) is 0 Å². The number of anilines is 1. The molecule has 0 aliphatic carbocycles. The molecule has 0 aliphatic heterocycles. The lowest BCUT2D eigenvalue weighted by molar-refractivity contribution is -0.830. The Bertz CT molecular complexity index is 400. The molecular weight excluding hydrogens is 226 g/mol. The van der Waals surface area contributed by atoms with E-state index in [2.05, 4.69) is 18.5 Å². The average Bonchev–Trinajstić information content (AvgIpc) is 2.33. The molecule has 1 aromatic rings. The maximum absolute atomic E-state index is 5.04. The van der Waals surface area contributed by atoms with Crippen molar-refractivity contribution in [1.29, 1.82) is 0 Å². The molecule has 1 heterocycles. The number of quaternary nitrogens is 1. The zero-order chi connectivity index (χ0) is 14.3. The molecule has 2 N–H and O–H groups in total. The third-order valence-electron chi connectivity index (χ3n) is 2.45. The molecule has 4 nitrogen and oxygen atoms in total. The Balaban J connectivity index is 0.00000137. The highest BCUT2D eigenvalue weighted by atomic mass is 16.6. The number of hydrogen-bond acceptors (Lipinski definition) is 3. The third kappa shape index (κ3) is 3.82. The Hall–Kier alpha value is -1.39. The number of rotatable bonds is 4. The minimum absolute atomic E-state index is 0.943. The van der Waals surface area contributed by atoms with Gasteiger partial charge >= 0.3 is 0 Å². The van der Waals surface area contributed by atoms with Crippen molar-refractivity contribution < 1.29 is 10.3 Å². The molecule has 0 saturated carbocycles. The van der Waals surface area contributed by atoms with E-state index in [9.17, 15) is 0 Å². The molecule has 0 amide bonds. The second-order valence-corrected chi connectivity index (χ2v) is 4.07. The van der Waals surface area contributed by atoms with E-state index in [1.54, 1.807) is 12.6 Å². The molecule has 0 aliphatic rings. The van der Waals surface area contributed by atoms with Crippen LogP contribution in [0.3, 0.4) is 0 Å². The second kappa shape index (κ2) is 7.84. The van der Waals surface area contributed by atoms with Gasteiger partial charge < -0.3 is 4.90 Å². The first-order valence-corrected chi connectivity index (χ1v) is 6.17. The lowest BCUT2D eigenvalue weighted by Gasteiger charge is -2.18. The quantitative estimate of drug-likeness (QED) is 0.836. The molecule has 1 aromatic heterocycles. The van der Waals surface area contributed by atoms with Gasteiger partial charge in [0.05, 0.1) is 13.3 Å². The van der Waals surface area contributed by atoms with Gasteiger partial charge in [0.1, 0.15) is 5.82 Å². The number of nitrogens with two attached hydrogens (primary N) is 1. The Labute approximate surface area is 111 Å². The molecule has 0 atom stereocenters. The van der Waals surface area contributed by atoms with Crippen LogP contribution in [0.2, 0.25) is 0 Å². The molecule has 0 aromatic carbocycles. The smallest absolute Gasteiger partial charge is 0.184 e. The second-order valence-electron chi connectivity index (χ2n) is 4.07. The zero-order valence-corrected chi connectivity index (χ0v) is 12.7. The van der Waals surface area contributed by atoms with Crippen molar-refractivity contribution in [2.24, 2.45) is 0 Å². The van der Waals surface area contributed by atoms with Crippen LogP contribution in [-0.2, 0) is 4.84 Å². The van der Waals surface area contributed by atoms with Gasteiger partial charge in [-0.2, -0.15) is 5.48 Å². The van der Waals surface area contributed by atoms with Crippen LogP contribution < -0.4 is 10.4 Å². The monoisotopic (exact) mass is 252 g/mol. The summed E-state index contributed by atoms with van der Waals surface area (Å²) in [6, 6.07) is 0. The fourth-order valence-corrected chi connectivity index (χ4v) is 1.70. The van der Waals surface area contributed by atoms with Crippen LogP contribution in [-0.4, -0.2) is 26.2 Å². The third-order valence-corrected chi connectivity index (χ3v) is 2.45. The minimum atomic E-state index is 0.943. The van der Waals surface area contributed by atoms with E-state index >= 15 is 0 Å². The zero-order valence-electron chi connectivity index (χ0n) is 12.7. The van der Waals surface area contributed by atoms with E-state index in [0.717, 1.165) is 28.2 Å². The highest BCUT2D eigenvalue weighted by Crippen LogP contribution is 2.28. The summed E-state index contributed by atoms with van der Waals surface area (Å²) in [4.78, 5) is 11.5. The van der Waals surface area contributed by atoms with E-state index in [0.29, 0.717) is 0 Å². The van der Waals surface area contributed by atoms with Crippen molar-refractivity contribution in [3.63, 3.8) is 0 Å². The molecule has 102 valence electrons. The molecule has 0 fully saturated rings. The van der Waals surface area contributed by atoms with Crippen LogP contribution in [0.15, 0.2) is 12.8 Å². The van der Waals surface area contributed by atoms with E-state index in [-0.39, 0.29) is 0 Å². The van der Waals surface area contributed by atoms with E-state index < -0.39 is 0 Å². The van der Waals surface area contributed by atoms with Crippen LogP contribution in [0.4, 0.5) is 11.5 Å². The van der Waals surface area contributed by atoms with Crippen LogP contribution in [0, 0.1) is 6.92 Å².